The van der Waals surface area contributed by atoms with Gasteiger partial charge in [0, 0.05) is 0 Å². The molecule has 2 N–H and O–H groups in total. The van der Waals surface area contributed by atoms with E-state index < -0.39 is 17.5 Å². The van der Waals surface area contributed by atoms with Crippen molar-refractivity contribution in [2.75, 3.05) is 13.1 Å². The highest BCUT2D eigenvalue weighted by atomic mass is 19.4. The maximum absolute atomic E-state index is 11.9. The number of alkyl halides is 3. The number of halogens is 3. The van der Waals surface area contributed by atoms with E-state index in [0.29, 0.717) is 0 Å². The zero-order chi connectivity index (χ0) is 12.0. The molecule has 1 aliphatic rings. The van der Waals surface area contributed by atoms with Gasteiger partial charge < -0.3 is 10.4 Å². The van der Waals surface area contributed by atoms with Crippen molar-refractivity contribution in [3.63, 3.8) is 0 Å². The lowest BCUT2D eigenvalue weighted by molar-refractivity contribution is -0.138. The first-order chi connectivity index (χ1) is 7.52. The second kappa shape index (κ2) is 5.75. The van der Waals surface area contributed by atoms with Crippen LogP contribution in [0.4, 0.5) is 13.2 Å². The molecule has 0 aliphatic carbocycles. The molecule has 0 bridgehead atoms. The van der Waals surface area contributed by atoms with Gasteiger partial charge in [0.05, 0.1) is 5.56 Å². The molecule has 0 atom stereocenters. The lowest BCUT2D eigenvalue weighted by atomic mass is 10.2. The predicted molar refractivity (Wildman–Crippen MR) is 55.2 cm³/mol. The molecular weight excluding hydrogens is 219 g/mol. The molecule has 0 unspecified atom stereocenters. The van der Waals surface area contributed by atoms with Gasteiger partial charge in [-0.05, 0) is 38.1 Å². The first kappa shape index (κ1) is 12.8. The quantitative estimate of drug-likeness (QED) is 0.722. The van der Waals surface area contributed by atoms with Gasteiger partial charge in [-0.15, -0.1) is 0 Å². The van der Waals surface area contributed by atoms with Crippen LogP contribution in [0.25, 0.3) is 0 Å². The van der Waals surface area contributed by atoms with E-state index in [1.807, 2.05) is 0 Å². The summed E-state index contributed by atoms with van der Waals surface area (Å²) in [7, 11) is 0. The second-order valence-corrected chi connectivity index (χ2v) is 3.47. The molecule has 0 saturated carbocycles. The van der Waals surface area contributed by atoms with Crippen molar-refractivity contribution in [2.45, 2.75) is 19.0 Å². The molecule has 0 amide bonds. The maximum Gasteiger partial charge on any atom is 0.419 e. The van der Waals surface area contributed by atoms with E-state index in [4.69, 9.17) is 5.11 Å². The Morgan fingerprint density at radius 1 is 1.06 bits per heavy atom. The van der Waals surface area contributed by atoms with E-state index in [9.17, 15) is 13.2 Å². The van der Waals surface area contributed by atoms with Gasteiger partial charge >= 0.3 is 6.18 Å². The summed E-state index contributed by atoms with van der Waals surface area (Å²) in [5, 5.41) is 11.9. The van der Waals surface area contributed by atoms with E-state index in [1.165, 1.54) is 38.1 Å². The summed E-state index contributed by atoms with van der Waals surface area (Å²) in [5.74, 6) is -0.736. The fraction of sp³-hybridized carbons (Fsp3) is 0.455. The molecule has 90 valence electrons. The number of phenolic OH excluding ortho intramolecular Hbond substituents is 1. The smallest absolute Gasteiger partial charge is 0.419 e. The fourth-order valence-corrected chi connectivity index (χ4v) is 1.34. The molecule has 1 aliphatic heterocycles. The molecule has 1 aromatic carbocycles. The summed E-state index contributed by atoms with van der Waals surface area (Å²) >= 11 is 0. The van der Waals surface area contributed by atoms with Crippen LogP contribution in [0.15, 0.2) is 24.3 Å². The highest BCUT2D eigenvalue weighted by Crippen LogP contribution is 2.34. The Morgan fingerprint density at radius 2 is 1.62 bits per heavy atom. The molecule has 1 heterocycles. The molecule has 0 radical (unpaired) electrons. The first-order valence-corrected chi connectivity index (χ1v) is 5.08. The lowest BCUT2D eigenvalue weighted by Gasteiger charge is -2.06. The predicted octanol–water partition coefficient (Wildman–Crippen LogP) is 2.78. The highest BCUT2D eigenvalue weighted by molar-refractivity contribution is 5.33. The summed E-state index contributed by atoms with van der Waals surface area (Å²) in [6, 6.07) is 4.39. The summed E-state index contributed by atoms with van der Waals surface area (Å²) in [5.41, 5.74) is -1.000. The van der Waals surface area contributed by atoms with Gasteiger partial charge in [-0.1, -0.05) is 12.1 Å². The molecule has 16 heavy (non-hydrogen) atoms. The van der Waals surface area contributed by atoms with E-state index in [-0.39, 0.29) is 0 Å². The number of rotatable bonds is 0. The van der Waals surface area contributed by atoms with Crippen LogP contribution < -0.4 is 5.32 Å². The Hall–Kier alpha value is -1.23. The lowest BCUT2D eigenvalue weighted by Crippen LogP contribution is -2.04. The molecular formula is C11H14F3NO. The second-order valence-electron chi connectivity index (χ2n) is 3.47. The molecule has 1 fully saturated rings. The van der Waals surface area contributed by atoms with E-state index >= 15 is 0 Å². The van der Waals surface area contributed by atoms with Crippen molar-refractivity contribution in [3.8, 4) is 5.75 Å². The van der Waals surface area contributed by atoms with Gasteiger partial charge in [0.15, 0.2) is 0 Å². The van der Waals surface area contributed by atoms with Crippen LogP contribution in [0.3, 0.4) is 0 Å². The van der Waals surface area contributed by atoms with Crippen molar-refractivity contribution in [3.05, 3.63) is 29.8 Å². The average Bonchev–Trinajstić information content (AvgIpc) is 2.74. The van der Waals surface area contributed by atoms with E-state index in [2.05, 4.69) is 5.32 Å². The van der Waals surface area contributed by atoms with Crippen LogP contribution in [0, 0.1) is 0 Å². The normalized spacial score (nSPS) is 15.4. The number of hydrogen-bond donors (Lipinski definition) is 2. The van der Waals surface area contributed by atoms with Crippen LogP contribution in [-0.2, 0) is 6.18 Å². The van der Waals surface area contributed by atoms with Crippen LogP contribution in [0.5, 0.6) is 5.75 Å². The number of aromatic hydroxyl groups is 1. The third-order valence-corrected chi connectivity index (χ3v) is 2.17. The minimum absolute atomic E-state index is 0.736. The third kappa shape index (κ3) is 4.10. The average molecular weight is 233 g/mol. The van der Waals surface area contributed by atoms with Crippen molar-refractivity contribution in [1.29, 1.82) is 0 Å². The Labute approximate surface area is 92.1 Å². The van der Waals surface area contributed by atoms with Gasteiger partial charge in [-0.25, -0.2) is 0 Å². The monoisotopic (exact) mass is 233 g/mol. The maximum atomic E-state index is 11.9. The first-order valence-electron chi connectivity index (χ1n) is 5.08. The van der Waals surface area contributed by atoms with Crippen LogP contribution in [0.1, 0.15) is 18.4 Å². The molecule has 0 aromatic heterocycles. The number of benzene rings is 1. The van der Waals surface area contributed by atoms with Crippen LogP contribution in [0.2, 0.25) is 0 Å². The van der Waals surface area contributed by atoms with E-state index in [0.717, 1.165) is 12.1 Å². The molecule has 1 saturated heterocycles. The van der Waals surface area contributed by atoms with Crippen LogP contribution >= 0.6 is 0 Å². The SMILES string of the molecule is C1CCNC1.Oc1ccccc1C(F)(F)F. The largest absolute Gasteiger partial charge is 0.507 e. The van der Waals surface area contributed by atoms with Gasteiger partial charge in [0.25, 0.3) is 0 Å². The van der Waals surface area contributed by atoms with Crippen molar-refractivity contribution >= 4 is 0 Å². The standard InChI is InChI=1S/C7H5F3O.C4H9N/c8-7(9,10)5-3-1-2-4-6(5)11;1-2-4-5-3-1/h1-4,11H;5H,1-4H2. The number of para-hydroxylation sites is 1. The van der Waals surface area contributed by atoms with Gasteiger partial charge in [-0.3, -0.25) is 0 Å². The number of phenols is 1. The Morgan fingerprint density at radius 3 is 1.94 bits per heavy atom. The summed E-state index contributed by atoms with van der Waals surface area (Å²) in [6.07, 6.45) is -1.69. The minimum atomic E-state index is -4.47. The molecule has 5 heteroatoms. The van der Waals surface area contributed by atoms with Gasteiger partial charge in [-0.2, -0.15) is 13.2 Å². The topological polar surface area (TPSA) is 32.3 Å². The van der Waals surface area contributed by atoms with Crippen LogP contribution in [-0.4, -0.2) is 18.2 Å². The minimum Gasteiger partial charge on any atom is -0.507 e. The van der Waals surface area contributed by atoms with Gasteiger partial charge in [0.2, 0.25) is 0 Å². The van der Waals surface area contributed by atoms with Crippen molar-refractivity contribution < 1.29 is 18.3 Å². The fourth-order valence-electron chi connectivity index (χ4n) is 1.34. The van der Waals surface area contributed by atoms with Gasteiger partial charge in [0.1, 0.15) is 5.75 Å². The molecule has 2 nitrogen and oxygen atoms in total. The Kier molecular flexibility index (Phi) is 4.61. The van der Waals surface area contributed by atoms with E-state index in [1.54, 1.807) is 0 Å². The van der Waals surface area contributed by atoms with Crippen molar-refractivity contribution in [2.24, 2.45) is 0 Å². The highest BCUT2D eigenvalue weighted by Gasteiger charge is 2.33. The zero-order valence-electron chi connectivity index (χ0n) is 8.72. The molecule has 2 rings (SSSR count). The summed E-state index contributed by atoms with van der Waals surface area (Å²) in [4.78, 5) is 0. The Balaban J connectivity index is 0.000000212. The molecule has 1 aromatic rings. The van der Waals surface area contributed by atoms with Crippen molar-refractivity contribution in [1.82, 2.24) is 5.32 Å². The number of hydrogen-bond acceptors (Lipinski definition) is 2. The zero-order valence-corrected chi connectivity index (χ0v) is 8.72. The summed E-state index contributed by atoms with van der Waals surface area (Å²) < 4.78 is 35.7. The number of nitrogens with one attached hydrogen (secondary N) is 1. The molecule has 0 spiro atoms. The summed E-state index contributed by atoms with van der Waals surface area (Å²) in [6.45, 7) is 2.50. The Bertz CT molecular complexity index is 314. The third-order valence-electron chi connectivity index (χ3n) is 2.17.